The standard InChI is InChI=1S/C18H25N5/c1-3-15(2)20-18-19-10-9-17(21-18)23-13-11-22(12-14-23)16-7-5-4-6-8-16/h4-10,15H,3,11-14H2,1-2H3,(H,19,20,21). The van der Waals surface area contributed by atoms with Crippen LogP contribution in [-0.4, -0.2) is 42.2 Å². The normalized spacial score (nSPS) is 16.3. The predicted molar refractivity (Wildman–Crippen MR) is 96.3 cm³/mol. The fourth-order valence-electron chi connectivity index (χ4n) is 2.75. The fourth-order valence-corrected chi connectivity index (χ4v) is 2.75. The maximum absolute atomic E-state index is 4.67. The van der Waals surface area contributed by atoms with Crippen molar-refractivity contribution < 1.29 is 0 Å². The second-order valence-corrected chi connectivity index (χ2v) is 6.00. The third kappa shape index (κ3) is 3.92. The van der Waals surface area contributed by atoms with Gasteiger partial charge in [-0.1, -0.05) is 25.1 Å². The molecule has 2 heterocycles. The molecular weight excluding hydrogens is 286 g/mol. The number of benzene rings is 1. The van der Waals surface area contributed by atoms with Crippen molar-refractivity contribution in [2.45, 2.75) is 26.3 Å². The summed E-state index contributed by atoms with van der Waals surface area (Å²) >= 11 is 0. The van der Waals surface area contributed by atoms with Gasteiger partial charge >= 0.3 is 0 Å². The van der Waals surface area contributed by atoms with Crippen molar-refractivity contribution in [2.24, 2.45) is 0 Å². The van der Waals surface area contributed by atoms with Gasteiger partial charge < -0.3 is 15.1 Å². The number of piperazine rings is 1. The molecule has 1 fully saturated rings. The quantitative estimate of drug-likeness (QED) is 0.919. The number of aromatic nitrogens is 2. The van der Waals surface area contributed by atoms with Crippen molar-refractivity contribution in [3.05, 3.63) is 42.6 Å². The van der Waals surface area contributed by atoms with E-state index in [1.165, 1.54) is 5.69 Å². The molecule has 3 rings (SSSR count). The highest BCUT2D eigenvalue weighted by molar-refractivity contribution is 5.50. The van der Waals surface area contributed by atoms with Crippen LogP contribution in [0.2, 0.25) is 0 Å². The Bertz CT molecular complexity index is 608. The Morgan fingerprint density at radius 3 is 2.43 bits per heavy atom. The minimum absolute atomic E-state index is 0.389. The minimum atomic E-state index is 0.389. The molecular formula is C18H25N5. The van der Waals surface area contributed by atoms with Gasteiger partial charge in [0.25, 0.3) is 0 Å². The molecule has 1 aliphatic rings. The molecule has 23 heavy (non-hydrogen) atoms. The molecule has 2 aromatic rings. The van der Waals surface area contributed by atoms with Crippen LogP contribution in [0.5, 0.6) is 0 Å². The van der Waals surface area contributed by atoms with Crippen LogP contribution in [-0.2, 0) is 0 Å². The first kappa shape index (κ1) is 15.6. The molecule has 0 saturated carbocycles. The van der Waals surface area contributed by atoms with Crippen molar-refractivity contribution in [3.8, 4) is 0 Å². The smallest absolute Gasteiger partial charge is 0.224 e. The van der Waals surface area contributed by atoms with Crippen molar-refractivity contribution in [1.82, 2.24) is 9.97 Å². The highest BCUT2D eigenvalue weighted by atomic mass is 15.3. The van der Waals surface area contributed by atoms with Crippen LogP contribution in [0, 0.1) is 0 Å². The van der Waals surface area contributed by atoms with E-state index in [0.717, 1.165) is 44.4 Å². The van der Waals surface area contributed by atoms with Crippen LogP contribution in [0.25, 0.3) is 0 Å². The summed E-state index contributed by atoms with van der Waals surface area (Å²) in [5.41, 5.74) is 1.30. The lowest BCUT2D eigenvalue weighted by molar-refractivity contribution is 0.646. The van der Waals surface area contributed by atoms with Gasteiger partial charge in [-0.05, 0) is 31.5 Å². The average Bonchev–Trinajstić information content (AvgIpc) is 2.63. The summed E-state index contributed by atoms with van der Waals surface area (Å²) in [5, 5.41) is 3.35. The number of para-hydroxylation sites is 1. The van der Waals surface area contributed by atoms with Crippen LogP contribution >= 0.6 is 0 Å². The monoisotopic (exact) mass is 311 g/mol. The largest absolute Gasteiger partial charge is 0.368 e. The third-order valence-electron chi connectivity index (χ3n) is 4.35. The van der Waals surface area contributed by atoms with Crippen LogP contribution in [0.4, 0.5) is 17.5 Å². The third-order valence-corrected chi connectivity index (χ3v) is 4.35. The van der Waals surface area contributed by atoms with E-state index >= 15 is 0 Å². The lowest BCUT2D eigenvalue weighted by atomic mass is 10.2. The van der Waals surface area contributed by atoms with Crippen molar-refractivity contribution in [2.75, 3.05) is 41.3 Å². The first-order valence-electron chi connectivity index (χ1n) is 8.41. The second-order valence-electron chi connectivity index (χ2n) is 6.00. The Kier molecular flexibility index (Phi) is 4.95. The Balaban J connectivity index is 1.62. The summed E-state index contributed by atoms with van der Waals surface area (Å²) in [4.78, 5) is 13.8. The van der Waals surface area contributed by atoms with E-state index in [1.54, 1.807) is 0 Å². The Morgan fingerprint density at radius 2 is 1.74 bits per heavy atom. The van der Waals surface area contributed by atoms with Gasteiger partial charge in [0.1, 0.15) is 5.82 Å². The second kappa shape index (κ2) is 7.31. The van der Waals surface area contributed by atoms with E-state index < -0.39 is 0 Å². The molecule has 1 atom stereocenters. The maximum Gasteiger partial charge on any atom is 0.224 e. The van der Waals surface area contributed by atoms with Crippen LogP contribution in [0.1, 0.15) is 20.3 Å². The lowest BCUT2D eigenvalue weighted by Crippen LogP contribution is -2.46. The zero-order chi connectivity index (χ0) is 16.1. The molecule has 0 bridgehead atoms. The summed E-state index contributed by atoms with van der Waals surface area (Å²) in [5.74, 6) is 1.74. The van der Waals surface area contributed by atoms with Gasteiger partial charge in [-0.2, -0.15) is 4.98 Å². The van der Waals surface area contributed by atoms with Crippen LogP contribution in [0.15, 0.2) is 42.6 Å². The molecule has 1 aromatic carbocycles. The van der Waals surface area contributed by atoms with E-state index in [0.29, 0.717) is 6.04 Å². The molecule has 122 valence electrons. The van der Waals surface area contributed by atoms with Gasteiger partial charge in [-0.15, -0.1) is 0 Å². The number of anilines is 3. The SMILES string of the molecule is CCC(C)Nc1nccc(N2CCN(c3ccccc3)CC2)n1. The van der Waals surface area contributed by atoms with Gasteiger partial charge in [0, 0.05) is 44.1 Å². The molecule has 5 heteroatoms. The number of nitrogens with zero attached hydrogens (tertiary/aromatic N) is 4. The zero-order valence-corrected chi connectivity index (χ0v) is 13.9. The topological polar surface area (TPSA) is 44.3 Å². The first-order chi connectivity index (χ1) is 11.3. The average molecular weight is 311 g/mol. The van der Waals surface area contributed by atoms with E-state index in [2.05, 4.69) is 69.3 Å². The summed E-state index contributed by atoms with van der Waals surface area (Å²) in [6.45, 7) is 8.30. The molecule has 5 nitrogen and oxygen atoms in total. The van der Waals surface area contributed by atoms with Crippen LogP contribution < -0.4 is 15.1 Å². The van der Waals surface area contributed by atoms with E-state index in [-0.39, 0.29) is 0 Å². The summed E-state index contributed by atoms with van der Waals surface area (Å²) in [7, 11) is 0. The molecule has 0 amide bonds. The first-order valence-corrected chi connectivity index (χ1v) is 8.41. The van der Waals surface area contributed by atoms with Crippen molar-refractivity contribution in [3.63, 3.8) is 0 Å². The molecule has 0 aliphatic carbocycles. The van der Waals surface area contributed by atoms with Crippen LogP contribution in [0.3, 0.4) is 0 Å². The molecule has 0 spiro atoms. The Labute approximate surface area is 138 Å². The van der Waals surface area contributed by atoms with Gasteiger partial charge in [0.2, 0.25) is 5.95 Å². The highest BCUT2D eigenvalue weighted by Gasteiger charge is 2.18. The zero-order valence-electron chi connectivity index (χ0n) is 13.9. The minimum Gasteiger partial charge on any atom is -0.368 e. The van der Waals surface area contributed by atoms with Crippen molar-refractivity contribution in [1.29, 1.82) is 0 Å². The summed E-state index contributed by atoms with van der Waals surface area (Å²) in [6, 6.07) is 13.0. The molecule has 1 N–H and O–H groups in total. The number of hydrogen-bond acceptors (Lipinski definition) is 5. The Hall–Kier alpha value is -2.30. The molecule has 0 radical (unpaired) electrons. The van der Waals surface area contributed by atoms with Crippen molar-refractivity contribution >= 4 is 17.5 Å². The predicted octanol–water partition coefficient (Wildman–Crippen LogP) is 3.01. The molecule has 1 unspecified atom stereocenters. The molecule has 1 aliphatic heterocycles. The molecule has 1 aromatic heterocycles. The van der Waals surface area contributed by atoms with E-state index in [9.17, 15) is 0 Å². The van der Waals surface area contributed by atoms with Gasteiger partial charge in [-0.25, -0.2) is 4.98 Å². The van der Waals surface area contributed by atoms with Gasteiger partial charge in [0.05, 0.1) is 0 Å². The van der Waals surface area contributed by atoms with E-state index in [4.69, 9.17) is 0 Å². The number of hydrogen-bond donors (Lipinski definition) is 1. The van der Waals surface area contributed by atoms with E-state index in [1.807, 2.05) is 12.3 Å². The van der Waals surface area contributed by atoms with Gasteiger partial charge in [-0.3, -0.25) is 0 Å². The Morgan fingerprint density at radius 1 is 1.04 bits per heavy atom. The fraction of sp³-hybridized carbons (Fsp3) is 0.444. The number of nitrogens with one attached hydrogen (secondary N) is 1. The lowest BCUT2D eigenvalue weighted by Gasteiger charge is -2.36. The number of rotatable bonds is 5. The molecule has 1 saturated heterocycles. The summed E-state index contributed by atoms with van der Waals surface area (Å²) in [6.07, 6.45) is 2.90. The highest BCUT2D eigenvalue weighted by Crippen LogP contribution is 2.19. The maximum atomic E-state index is 4.67. The summed E-state index contributed by atoms with van der Waals surface area (Å²) < 4.78 is 0. The van der Waals surface area contributed by atoms with Gasteiger partial charge in [0.15, 0.2) is 0 Å².